The second-order valence-electron chi connectivity index (χ2n) is 6.80. The molecule has 1 fully saturated rings. The molecule has 0 amide bonds. The number of piperazine rings is 1. The Hall–Kier alpha value is -2.15. The number of aromatic nitrogens is 1. The molecule has 1 aliphatic heterocycles. The molecule has 3 rings (SSSR count). The van der Waals surface area contributed by atoms with Gasteiger partial charge < -0.3 is 19.1 Å². The summed E-state index contributed by atoms with van der Waals surface area (Å²) in [7, 11) is 1.72. The second-order valence-corrected chi connectivity index (χ2v) is 6.80. The number of anilines is 1. The van der Waals surface area contributed by atoms with Crippen LogP contribution in [-0.4, -0.2) is 62.9 Å². The van der Waals surface area contributed by atoms with Crippen LogP contribution in [0, 0.1) is 0 Å². The average Bonchev–Trinajstić information content (AvgIpc) is 2.75. The third kappa shape index (κ3) is 4.63. The summed E-state index contributed by atoms with van der Waals surface area (Å²) in [4.78, 5) is 9.06. The fourth-order valence-electron chi connectivity index (χ4n) is 3.78. The first-order valence-electron chi connectivity index (χ1n) is 10.0. The Labute approximate surface area is 168 Å². The predicted octanol–water partition coefficient (Wildman–Crippen LogP) is 3.14. The van der Waals surface area contributed by atoms with E-state index < -0.39 is 5.79 Å². The van der Waals surface area contributed by atoms with E-state index in [9.17, 15) is 0 Å². The highest BCUT2D eigenvalue weighted by Gasteiger charge is 2.37. The molecule has 1 aromatic carbocycles. The Bertz CT molecular complexity index is 712. The van der Waals surface area contributed by atoms with Crippen molar-refractivity contribution < 1.29 is 14.2 Å². The van der Waals surface area contributed by atoms with E-state index in [4.69, 9.17) is 14.2 Å². The first-order chi connectivity index (χ1) is 13.7. The van der Waals surface area contributed by atoms with Crippen molar-refractivity contribution in [2.45, 2.75) is 19.6 Å². The summed E-state index contributed by atoms with van der Waals surface area (Å²) in [5, 5.41) is 0. The topological polar surface area (TPSA) is 47.1 Å². The van der Waals surface area contributed by atoms with Crippen molar-refractivity contribution in [3.63, 3.8) is 0 Å². The van der Waals surface area contributed by atoms with Crippen molar-refractivity contribution in [3.05, 3.63) is 54.4 Å². The van der Waals surface area contributed by atoms with Crippen molar-refractivity contribution in [3.8, 4) is 5.75 Å². The number of rotatable bonds is 9. The Morgan fingerprint density at radius 2 is 1.68 bits per heavy atom. The lowest BCUT2D eigenvalue weighted by atomic mass is 10.1. The lowest BCUT2D eigenvalue weighted by Crippen LogP contribution is -2.52. The molecule has 152 valence electrons. The fourth-order valence-corrected chi connectivity index (χ4v) is 3.78. The summed E-state index contributed by atoms with van der Waals surface area (Å²) in [6.07, 6.45) is 3.62. The van der Waals surface area contributed by atoms with Crippen molar-refractivity contribution >= 4 is 5.69 Å². The minimum atomic E-state index is -0.787. The summed E-state index contributed by atoms with van der Waals surface area (Å²) in [5.74, 6) is 0.133. The quantitative estimate of drug-likeness (QED) is 0.618. The van der Waals surface area contributed by atoms with Crippen LogP contribution in [0.4, 0.5) is 5.69 Å². The molecule has 1 saturated heterocycles. The molecule has 0 aliphatic carbocycles. The van der Waals surface area contributed by atoms with Crippen LogP contribution in [-0.2, 0) is 15.3 Å². The van der Waals surface area contributed by atoms with Gasteiger partial charge in [0.1, 0.15) is 5.75 Å². The summed E-state index contributed by atoms with van der Waals surface area (Å²) >= 11 is 0. The van der Waals surface area contributed by atoms with E-state index in [1.807, 2.05) is 44.3 Å². The Morgan fingerprint density at radius 3 is 2.29 bits per heavy atom. The maximum atomic E-state index is 6.17. The number of ether oxygens (including phenoxy) is 3. The highest BCUT2D eigenvalue weighted by atomic mass is 16.7. The number of pyridine rings is 1. The van der Waals surface area contributed by atoms with Gasteiger partial charge in [-0.1, -0.05) is 18.2 Å². The van der Waals surface area contributed by atoms with Gasteiger partial charge in [0.05, 0.1) is 19.3 Å². The lowest BCUT2D eigenvalue weighted by molar-refractivity contribution is -0.251. The third-order valence-electron chi connectivity index (χ3n) is 5.09. The molecule has 6 nitrogen and oxygen atoms in total. The highest BCUT2D eigenvalue weighted by molar-refractivity contribution is 5.58. The van der Waals surface area contributed by atoms with Crippen molar-refractivity contribution in [1.82, 2.24) is 9.88 Å². The van der Waals surface area contributed by atoms with E-state index in [-0.39, 0.29) is 0 Å². The zero-order valence-electron chi connectivity index (χ0n) is 17.1. The largest absolute Gasteiger partial charge is 0.495 e. The van der Waals surface area contributed by atoms with Gasteiger partial charge in [-0.3, -0.25) is 9.88 Å². The van der Waals surface area contributed by atoms with Crippen LogP contribution in [0.25, 0.3) is 0 Å². The van der Waals surface area contributed by atoms with Crippen molar-refractivity contribution in [2.24, 2.45) is 0 Å². The number of hydrogen-bond acceptors (Lipinski definition) is 6. The van der Waals surface area contributed by atoms with Gasteiger partial charge in [0.25, 0.3) is 0 Å². The molecule has 1 aliphatic rings. The van der Waals surface area contributed by atoms with E-state index in [0.29, 0.717) is 19.8 Å². The zero-order valence-corrected chi connectivity index (χ0v) is 17.1. The van der Waals surface area contributed by atoms with Gasteiger partial charge in [-0.05, 0) is 32.0 Å². The van der Waals surface area contributed by atoms with Crippen LogP contribution in [0.3, 0.4) is 0 Å². The number of methoxy groups -OCH3 is 1. The van der Waals surface area contributed by atoms with Gasteiger partial charge in [0.2, 0.25) is 5.79 Å². The van der Waals surface area contributed by atoms with Gasteiger partial charge in [-0.25, -0.2) is 0 Å². The Kier molecular flexibility index (Phi) is 7.25. The molecule has 0 radical (unpaired) electrons. The first kappa shape index (κ1) is 20.6. The van der Waals surface area contributed by atoms with E-state index >= 15 is 0 Å². The van der Waals surface area contributed by atoms with Gasteiger partial charge >= 0.3 is 0 Å². The van der Waals surface area contributed by atoms with E-state index in [1.54, 1.807) is 13.3 Å². The van der Waals surface area contributed by atoms with Crippen molar-refractivity contribution in [2.75, 3.05) is 57.9 Å². The maximum Gasteiger partial charge on any atom is 0.209 e. The molecule has 0 bridgehead atoms. The molecule has 0 saturated carbocycles. The van der Waals surface area contributed by atoms with Crippen LogP contribution >= 0.6 is 0 Å². The summed E-state index contributed by atoms with van der Waals surface area (Å²) < 4.78 is 17.9. The molecule has 2 aromatic rings. The first-order valence-corrected chi connectivity index (χ1v) is 10.0. The SMILES string of the molecule is CCOC(CN1CCN(c2ccccc2OC)CC1)(OCC)c1cccnc1. The smallest absolute Gasteiger partial charge is 0.209 e. The number of nitrogens with zero attached hydrogens (tertiary/aromatic N) is 3. The number of hydrogen-bond donors (Lipinski definition) is 0. The monoisotopic (exact) mass is 385 g/mol. The molecule has 6 heteroatoms. The van der Waals surface area contributed by atoms with Crippen molar-refractivity contribution in [1.29, 1.82) is 0 Å². The second kappa shape index (κ2) is 9.87. The standard InChI is InChI=1S/C22H31N3O3/c1-4-27-22(28-5-2,19-9-8-12-23-17-19)18-24-13-15-25(16-14-24)20-10-6-7-11-21(20)26-3/h6-12,17H,4-5,13-16,18H2,1-3H3. The Balaban J connectivity index is 1.71. The van der Waals surface area contributed by atoms with Crippen LogP contribution in [0.2, 0.25) is 0 Å². The fraction of sp³-hybridized carbons (Fsp3) is 0.500. The van der Waals surface area contributed by atoms with E-state index in [2.05, 4.69) is 26.9 Å². The normalized spacial score (nSPS) is 15.6. The molecule has 28 heavy (non-hydrogen) atoms. The molecule has 0 spiro atoms. The van der Waals surface area contributed by atoms with Gasteiger partial charge in [-0.15, -0.1) is 0 Å². The molecule has 1 aromatic heterocycles. The third-order valence-corrected chi connectivity index (χ3v) is 5.09. The molecular weight excluding hydrogens is 354 g/mol. The summed E-state index contributed by atoms with van der Waals surface area (Å²) in [6.45, 7) is 9.57. The van der Waals surface area contributed by atoms with Crippen LogP contribution in [0.15, 0.2) is 48.8 Å². The zero-order chi connectivity index (χ0) is 19.8. The number of para-hydroxylation sites is 2. The molecule has 0 N–H and O–H groups in total. The minimum Gasteiger partial charge on any atom is -0.495 e. The van der Waals surface area contributed by atoms with Gasteiger partial charge in [0.15, 0.2) is 0 Å². The van der Waals surface area contributed by atoms with E-state index in [1.165, 1.54) is 0 Å². The summed E-state index contributed by atoms with van der Waals surface area (Å²) in [6, 6.07) is 12.2. The maximum absolute atomic E-state index is 6.17. The van der Waals surface area contributed by atoms with Crippen LogP contribution < -0.4 is 9.64 Å². The molecule has 2 heterocycles. The molecule has 0 atom stereocenters. The van der Waals surface area contributed by atoms with Crippen LogP contribution in [0.5, 0.6) is 5.75 Å². The minimum absolute atomic E-state index is 0.579. The van der Waals surface area contributed by atoms with Gasteiger partial charge in [-0.2, -0.15) is 0 Å². The van der Waals surface area contributed by atoms with Gasteiger partial charge in [0, 0.05) is 57.3 Å². The number of benzene rings is 1. The molecule has 0 unspecified atom stereocenters. The van der Waals surface area contributed by atoms with Crippen LogP contribution in [0.1, 0.15) is 19.4 Å². The summed E-state index contributed by atoms with van der Waals surface area (Å²) in [5.41, 5.74) is 2.11. The lowest BCUT2D eigenvalue weighted by Gasteiger charge is -2.42. The highest BCUT2D eigenvalue weighted by Crippen LogP contribution is 2.31. The van der Waals surface area contributed by atoms with E-state index in [0.717, 1.165) is 43.2 Å². The average molecular weight is 386 g/mol. The Morgan fingerprint density at radius 1 is 0.964 bits per heavy atom. The predicted molar refractivity (Wildman–Crippen MR) is 111 cm³/mol. The molecular formula is C22H31N3O3.